The Balaban J connectivity index is 2.17. The third kappa shape index (κ3) is 5.10. The van der Waals surface area contributed by atoms with Crippen LogP contribution in [-0.4, -0.2) is 35.4 Å². The molecule has 1 heterocycles. The van der Waals surface area contributed by atoms with Gasteiger partial charge in [-0.05, 0) is 36.6 Å². The van der Waals surface area contributed by atoms with E-state index in [0.29, 0.717) is 16.1 Å². The molecule has 0 saturated carbocycles. The summed E-state index contributed by atoms with van der Waals surface area (Å²) in [6, 6.07) is 4.12. The number of aliphatic imine (C=N–C) groups is 1. The highest BCUT2D eigenvalue weighted by atomic mass is 35.5. The number of amides is 2. The quantitative estimate of drug-likeness (QED) is 0.576. The van der Waals surface area contributed by atoms with Gasteiger partial charge in [-0.2, -0.15) is 18.2 Å². The van der Waals surface area contributed by atoms with E-state index < -0.39 is 24.5 Å². The first-order valence-corrected chi connectivity index (χ1v) is 8.26. The van der Waals surface area contributed by atoms with E-state index in [2.05, 4.69) is 4.99 Å². The molecule has 0 aromatic heterocycles. The summed E-state index contributed by atoms with van der Waals surface area (Å²) in [5.41, 5.74) is 11.3. The molecule has 1 aliphatic rings. The van der Waals surface area contributed by atoms with Crippen molar-refractivity contribution in [2.45, 2.75) is 37.9 Å². The van der Waals surface area contributed by atoms with E-state index >= 15 is 0 Å². The average molecular weight is 391 g/mol. The van der Waals surface area contributed by atoms with Gasteiger partial charge in [-0.3, -0.25) is 9.59 Å². The van der Waals surface area contributed by atoms with Gasteiger partial charge < -0.3 is 16.4 Å². The molecule has 2 rings (SSSR count). The smallest absolute Gasteiger partial charge is 0.370 e. The minimum Gasteiger partial charge on any atom is -0.370 e. The lowest BCUT2D eigenvalue weighted by molar-refractivity contribution is -0.136. The van der Waals surface area contributed by atoms with Crippen LogP contribution in [0, 0.1) is 0 Å². The van der Waals surface area contributed by atoms with Crippen molar-refractivity contribution in [1.29, 1.82) is 0 Å². The second kappa shape index (κ2) is 7.94. The van der Waals surface area contributed by atoms with E-state index in [0.717, 1.165) is 0 Å². The number of fused-ring (bicyclic) bond motifs is 1. The van der Waals surface area contributed by atoms with Gasteiger partial charge in [-0.15, -0.1) is 0 Å². The molecule has 26 heavy (non-hydrogen) atoms. The monoisotopic (exact) mass is 390 g/mol. The number of guanidine groups is 1. The van der Waals surface area contributed by atoms with E-state index in [1.54, 1.807) is 12.1 Å². The van der Waals surface area contributed by atoms with Crippen molar-refractivity contribution >= 4 is 29.4 Å². The Hall–Kier alpha value is -2.29. The van der Waals surface area contributed by atoms with Crippen molar-refractivity contribution in [1.82, 2.24) is 4.90 Å². The van der Waals surface area contributed by atoms with Crippen LogP contribution in [0.4, 0.5) is 13.2 Å². The van der Waals surface area contributed by atoms with Crippen LogP contribution < -0.4 is 11.5 Å². The maximum absolute atomic E-state index is 12.5. The summed E-state index contributed by atoms with van der Waals surface area (Å²) in [6.07, 6.45) is -5.39. The van der Waals surface area contributed by atoms with Crippen molar-refractivity contribution < 1.29 is 22.8 Å². The summed E-state index contributed by atoms with van der Waals surface area (Å²) in [7, 11) is 0. The molecule has 0 spiro atoms. The molecule has 1 atom stereocenters. The first kappa shape index (κ1) is 20.0. The largest absolute Gasteiger partial charge is 0.389 e. The Kier molecular flexibility index (Phi) is 6.12. The lowest BCUT2D eigenvalue weighted by Gasteiger charge is -2.25. The predicted octanol–water partition coefficient (Wildman–Crippen LogP) is 2.76. The van der Waals surface area contributed by atoms with Gasteiger partial charge in [-0.25, -0.2) is 0 Å². The normalized spacial score (nSPS) is 16.5. The summed E-state index contributed by atoms with van der Waals surface area (Å²) in [5.74, 6) is -1.32. The number of halogens is 4. The summed E-state index contributed by atoms with van der Waals surface area (Å²) in [6.45, 7) is -0.0776. The van der Waals surface area contributed by atoms with Gasteiger partial charge in [0.25, 0.3) is 5.91 Å². The maximum Gasteiger partial charge on any atom is 0.389 e. The zero-order valence-corrected chi connectivity index (χ0v) is 14.5. The molecule has 0 saturated heterocycles. The van der Waals surface area contributed by atoms with Crippen LogP contribution in [-0.2, 0) is 4.79 Å². The van der Waals surface area contributed by atoms with Gasteiger partial charge in [0.05, 0.1) is 6.04 Å². The predicted molar refractivity (Wildman–Crippen MR) is 90.6 cm³/mol. The molecule has 0 bridgehead atoms. The minimum absolute atomic E-state index is 0.0580. The molecule has 1 aromatic rings. The number of rotatable bonds is 6. The average Bonchev–Trinajstić information content (AvgIpc) is 2.75. The van der Waals surface area contributed by atoms with Crippen molar-refractivity contribution in [2.75, 3.05) is 6.54 Å². The van der Waals surface area contributed by atoms with E-state index in [-0.39, 0.29) is 37.7 Å². The van der Waals surface area contributed by atoms with E-state index in [9.17, 15) is 22.8 Å². The Morgan fingerprint density at radius 2 is 2.00 bits per heavy atom. The number of carbonyl (C=O) groups excluding carboxylic acids is 2. The number of hydrogen-bond donors (Lipinski definition) is 2. The molecule has 6 nitrogen and oxygen atoms in total. The van der Waals surface area contributed by atoms with Gasteiger partial charge in [0, 0.05) is 30.0 Å². The van der Waals surface area contributed by atoms with Crippen LogP contribution in [0.5, 0.6) is 0 Å². The van der Waals surface area contributed by atoms with E-state index in [1.807, 2.05) is 0 Å². The van der Waals surface area contributed by atoms with Crippen molar-refractivity contribution in [2.24, 2.45) is 16.5 Å². The molecule has 0 fully saturated rings. The van der Waals surface area contributed by atoms with Gasteiger partial charge in [0.2, 0.25) is 5.91 Å². The van der Waals surface area contributed by atoms with Crippen molar-refractivity contribution in [3.8, 4) is 0 Å². The van der Waals surface area contributed by atoms with Crippen molar-refractivity contribution in [3.05, 3.63) is 34.3 Å². The van der Waals surface area contributed by atoms with Crippen LogP contribution in [0.2, 0.25) is 5.02 Å². The molecular weight excluding hydrogens is 373 g/mol. The molecule has 1 unspecified atom stereocenters. The number of alkyl halides is 3. The third-order valence-electron chi connectivity index (χ3n) is 3.98. The highest BCUT2D eigenvalue weighted by Gasteiger charge is 2.37. The molecule has 0 aliphatic carbocycles. The van der Waals surface area contributed by atoms with Gasteiger partial charge >= 0.3 is 6.18 Å². The lowest BCUT2D eigenvalue weighted by atomic mass is 10.0. The second-order valence-electron chi connectivity index (χ2n) is 5.93. The highest BCUT2D eigenvalue weighted by Crippen LogP contribution is 2.38. The maximum atomic E-state index is 12.5. The van der Waals surface area contributed by atoms with E-state index in [1.165, 1.54) is 11.0 Å². The molecule has 10 heteroatoms. The number of carbonyl (C=O) groups is 2. The van der Waals surface area contributed by atoms with Crippen LogP contribution in [0.15, 0.2) is 23.2 Å². The van der Waals surface area contributed by atoms with Gasteiger partial charge in [-0.1, -0.05) is 11.6 Å². The van der Waals surface area contributed by atoms with E-state index in [4.69, 9.17) is 23.1 Å². The SMILES string of the molecule is NC(N)=NC(=O)CCC1c2cc(Cl)ccc2C(=O)N1CCCC(F)(F)F. The van der Waals surface area contributed by atoms with Crippen LogP contribution in [0.3, 0.4) is 0 Å². The Labute approximate surface area is 153 Å². The topological polar surface area (TPSA) is 102 Å². The fourth-order valence-electron chi connectivity index (χ4n) is 2.95. The minimum atomic E-state index is -4.29. The number of nitrogens with two attached hydrogens (primary N) is 2. The third-order valence-corrected chi connectivity index (χ3v) is 4.22. The summed E-state index contributed by atoms with van der Waals surface area (Å²) < 4.78 is 37.2. The zero-order valence-electron chi connectivity index (χ0n) is 13.7. The molecular formula is C16H18ClF3N4O2. The van der Waals surface area contributed by atoms with Crippen molar-refractivity contribution in [3.63, 3.8) is 0 Å². The summed E-state index contributed by atoms with van der Waals surface area (Å²) in [4.78, 5) is 29.0. The first-order valence-electron chi connectivity index (χ1n) is 7.88. The van der Waals surface area contributed by atoms with Crippen LogP contribution >= 0.6 is 11.6 Å². The molecule has 142 valence electrons. The van der Waals surface area contributed by atoms with Gasteiger partial charge in [0.1, 0.15) is 0 Å². The zero-order chi connectivity index (χ0) is 19.5. The number of nitrogens with zero attached hydrogens (tertiary/aromatic N) is 2. The highest BCUT2D eigenvalue weighted by molar-refractivity contribution is 6.30. The number of hydrogen-bond acceptors (Lipinski definition) is 2. The molecule has 1 aromatic carbocycles. The number of benzene rings is 1. The molecule has 1 aliphatic heterocycles. The Morgan fingerprint density at radius 1 is 1.31 bits per heavy atom. The van der Waals surface area contributed by atoms with Gasteiger partial charge in [0.15, 0.2) is 5.96 Å². The lowest BCUT2D eigenvalue weighted by Crippen LogP contribution is -2.30. The second-order valence-corrected chi connectivity index (χ2v) is 6.37. The molecule has 4 N–H and O–H groups in total. The Morgan fingerprint density at radius 3 is 2.62 bits per heavy atom. The Bertz CT molecular complexity index is 733. The first-order chi connectivity index (χ1) is 12.1. The fraction of sp³-hybridized carbons (Fsp3) is 0.438. The van der Waals surface area contributed by atoms with Crippen LogP contribution in [0.25, 0.3) is 0 Å². The summed E-state index contributed by atoms with van der Waals surface area (Å²) in [5, 5.41) is 0.397. The standard InChI is InChI=1S/C16H18ClF3N4O2/c17-9-2-3-10-11(8-9)12(4-5-13(25)23-15(21)22)24(14(10)26)7-1-6-16(18,19)20/h2-3,8,12H,1,4-7H2,(H4,21,22,23,25). The van der Waals surface area contributed by atoms with Crippen LogP contribution in [0.1, 0.15) is 47.6 Å². The molecule has 0 radical (unpaired) electrons. The fourth-order valence-corrected chi connectivity index (χ4v) is 3.13. The molecule has 2 amide bonds. The summed E-state index contributed by atoms with van der Waals surface area (Å²) >= 11 is 5.98.